The van der Waals surface area contributed by atoms with Gasteiger partial charge in [0.25, 0.3) is 0 Å². The molecule has 0 spiro atoms. The lowest BCUT2D eigenvalue weighted by atomic mass is 9.82. The highest BCUT2D eigenvalue weighted by Crippen LogP contribution is 2.47. The van der Waals surface area contributed by atoms with Crippen LogP contribution in [0.5, 0.6) is 0 Å². The summed E-state index contributed by atoms with van der Waals surface area (Å²) >= 11 is 0. The van der Waals surface area contributed by atoms with Crippen molar-refractivity contribution in [1.29, 1.82) is 0 Å². The van der Waals surface area contributed by atoms with Gasteiger partial charge in [0.05, 0.1) is 29.6 Å². The van der Waals surface area contributed by atoms with E-state index in [4.69, 9.17) is 14.2 Å². The second kappa shape index (κ2) is 6.25. The van der Waals surface area contributed by atoms with E-state index in [9.17, 15) is 14.7 Å². The quantitative estimate of drug-likeness (QED) is 0.354. The van der Waals surface area contributed by atoms with Crippen molar-refractivity contribution in [1.82, 2.24) is 0 Å². The fraction of sp³-hybridized carbons (Fsp3) is 0.684. The fourth-order valence-corrected chi connectivity index (χ4v) is 3.63. The number of fused-ring (bicyclic) bond motifs is 2. The van der Waals surface area contributed by atoms with Gasteiger partial charge in [0.1, 0.15) is 12.2 Å². The standard InChI is InChI=1S/C19H26O6/c1-9(2)17(21)24-14-8-19(5)15(25-19)7-12(20)10(3)6-13-16(14)11(4)18(22)23-13/h6,9,12-16,20H,4,7-8H2,1-3,5H3/b10-6-/t12-,13-,14-,15-,16+,19-/m1/s1. The van der Waals surface area contributed by atoms with Crippen molar-refractivity contribution < 1.29 is 28.9 Å². The van der Waals surface area contributed by atoms with E-state index in [0.717, 1.165) is 0 Å². The Morgan fingerprint density at radius 1 is 1.48 bits per heavy atom. The Bertz CT molecular complexity index is 636. The third-order valence-electron chi connectivity index (χ3n) is 5.43. The molecule has 0 aromatic heterocycles. The number of esters is 2. The monoisotopic (exact) mass is 350 g/mol. The first kappa shape index (κ1) is 18.1. The van der Waals surface area contributed by atoms with Gasteiger partial charge in [-0.25, -0.2) is 4.79 Å². The van der Waals surface area contributed by atoms with Crippen LogP contribution in [0.4, 0.5) is 0 Å². The van der Waals surface area contributed by atoms with E-state index in [0.29, 0.717) is 24.0 Å². The van der Waals surface area contributed by atoms with E-state index in [1.165, 1.54) is 0 Å². The zero-order valence-corrected chi connectivity index (χ0v) is 15.2. The number of aliphatic hydroxyl groups is 1. The molecule has 0 aromatic rings. The number of ether oxygens (including phenoxy) is 3. The molecule has 3 aliphatic rings. The normalized spacial score (nSPS) is 42.8. The molecule has 2 saturated heterocycles. The number of rotatable bonds is 2. The third-order valence-corrected chi connectivity index (χ3v) is 5.43. The molecule has 0 saturated carbocycles. The van der Waals surface area contributed by atoms with Gasteiger partial charge in [-0.2, -0.15) is 0 Å². The summed E-state index contributed by atoms with van der Waals surface area (Å²) in [5.41, 5.74) is 0.523. The van der Waals surface area contributed by atoms with Crippen LogP contribution in [0.25, 0.3) is 0 Å². The van der Waals surface area contributed by atoms with E-state index in [-0.39, 0.29) is 18.0 Å². The maximum Gasteiger partial charge on any atom is 0.334 e. The highest BCUT2D eigenvalue weighted by molar-refractivity contribution is 5.91. The number of carbonyl (C=O) groups is 2. The maximum atomic E-state index is 12.2. The molecule has 0 aromatic carbocycles. The highest BCUT2D eigenvalue weighted by Gasteiger charge is 2.57. The Hall–Kier alpha value is -1.66. The van der Waals surface area contributed by atoms with Crippen LogP contribution in [0.2, 0.25) is 0 Å². The Labute approximate surface area is 147 Å². The molecule has 6 heteroatoms. The van der Waals surface area contributed by atoms with E-state index in [2.05, 4.69) is 6.58 Å². The fourth-order valence-electron chi connectivity index (χ4n) is 3.63. The topological polar surface area (TPSA) is 85.4 Å². The summed E-state index contributed by atoms with van der Waals surface area (Å²) in [5, 5.41) is 10.4. The summed E-state index contributed by atoms with van der Waals surface area (Å²) < 4.78 is 17.0. The Morgan fingerprint density at radius 3 is 2.80 bits per heavy atom. The van der Waals surface area contributed by atoms with Crippen molar-refractivity contribution in [3.8, 4) is 0 Å². The molecule has 1 aliphatic carbocycles. The van der Waals surface area contributed by atoms with Crippen LogP contribution in [-0.2, 0) is 23.8 Å². The second-order valence-corrected chi connectivity index (χ2v) is 7.84. The SMILES string of the molecule is C=C1C(=O)O[C@@H]2/C=C(/C)[C@H](O)C[C@H]3O[C@]3(C)C[C@@H](OC(=O)C(C)C)[C@@H]12. The molecule has 6 nitrogen and oxygen atoms in total. The number of carbonyl (C=O) groups excluding carboxylic acids is 2. The van der Waals surface area contributed by atoms with Gasteiger partial charge in [-0.3, -0.25) is 4.79 Å². The van der Waals surface area contributed by atoms with Crippen LogP contribution in [0.1, 0.15) is 40.5 Å². The van der Waals surface area contributed by atoms with Gasteiger partial charge >= 0.3 is 11.9 Å². The van der Waals surface area contributed by atoms with Gasteiger partial charge in [0.2, 0.25) is 0 Å². The average molecular weight is 350 g/mol. The second-order valence-electron chi connectivity index (χ2n) is 7.84. The summed E-state index contributed by atoms with van der Waals surface area (Å²) in [6.45, 7) is 11.1. The smallest absolute Gasteiger partial charge is 0.334 e. The van der Waals surface area contributed by atoms with Crippen LogP contribution >= 0.6 is 0 Å². The summed E-state index contributed by atoms with van der Waals surface area (Å²) in [6, 6.07) is 0. The summed E-state index contributed by atoms with van der Waals surface area (Å²) in [6.07, 6.45) is 0.727. The van der Waals surface area contributed by atoms with E-state index in [1.807, 2.05) is 6.92 Å². The number of hydrogen-bond acceptors (Lipinski definition) is 6. The van der Waals surface area contributed by atoms with Gasteiger partial charge in [-0.15, -0.1) is 0 Å². The Balaban J connectivity index is 1.97. The minimum absolute atomic E-state index is 0.103. The van der Waals surface area contributed by atoms with Crippen molar-refractivity contribution in [3.05, 3.63) is 23.8 Å². The number of hydrogen-bond donors (Lipinski definition) is 1. The average Bonchev–Trinajstić information content (AvgIpc) is 3.04. The molecule has 2 heterocycles. The minimum Gasteiger partial charge on any atom is -0.461 e. The first-order valence-electron chi connectivity index (χ1n) is 8.77. The molecule has 6 atom stereocenters. The molecule has 138 valence electrons. The van der Waals surface area contributed by atoms with Gasteiger partial charge in [-0.05, 0) is 25.5 Å². The molecule has 0 amide bonds. The van der Waals surface area contributed by atoms with Gasteiger partial charge in [-0.1, -0.05) is 20.4 Å². The molecular weight excluding hydrogens is 324 g/mol. The predicted molar refractivity (Wildman–Crippen MR) is 89.5 cm³/mol. The lowest BCUT2D eigenvalue weighted by molar-refractivity contribution is -0.157. The van der Waals surface area contributed by atoms with Crippen molar-refractivity contribution in [2.75, 3.05) is 0 Å². The maximum absolute atomic E-state index is 12.2. The summed E-state index contributed by atoms with van der Waals surface area (Å²) in [4.78, 5) is 24.3. The predicted octanol–water partition coefficient (Wildman–Crippen LogP) is 1.91. The van der Waals surface area contributed by atoms with E-state index >= 15 is 0 Å². The van der Waals surface area contributed by atoms with Gasteiger partial charge < -0.3 is 19.3 Å². The first-order valence-corrected chi connectivity index (χ1v) is 8.77. The first-order chi connectivity index (χ1) is 11.6. The van der Waals surface area contributed by atoms with Crippen LogP contribution in [0, 0.1) is 11.8 Å². The largest absolute Gasteiger partial charge is 0.461 e. The summed E-state index contributed by atoms with van der Waals surface area (Å²) in [7, 11) is 0. The molecule has 2 aliphatic heterocycles. The molecule has 1 N–H and O–H groups in total. The van der Waals surface area contributed by atoms with Crippen LogP contribution in [-0.4, -0.2) is 47.1 Å². The van der Waals surface area contributed by atoms with Crippen LogP contribution in [0.3, 0.4) is 0 Å². The summed E-state index contributed by atoms with van der Waals surface area (Å²) in [5.74, 6) is -1.56. The van der Waals surface area contributed by atoms with E-state index < -0.39 is 35.8 Å². The molecule has 2 fully saturated rings. The lowest BCUT2D eigenvalue weighted by Gasteiger charge is -2.29. The van der Waals surface area contributed by atoms with Gasteiger partial charge in [0, 0.05) is 18.4 Å². The molecule has 0 unspecified atom stereocenters. The van der Waals surface area contributed by atoms with Crippen LogP contribution in [0.15, 0.2) is 23.8 Å². The van der Waals surface area contributed by atoms with Crippen molar-refractivity contribution in [2.45, 2.75) is 70.6 Å². The molecule has 0 bridgehead atoms. The van der Waals surface area contributed by atoms with Gasteiger partial charge in [0.15, 0.2) is 0 Å². The lowest BCUT2D eigenvalue weighted by Crippen LogP contribution is -2.38. The van der Waals surface area contributed by atoms with Crippen LogP contribution < -0.4 is 0 Å². The zero-order chi connectivity index (χ0) is 18.5. The number of aliphatic hydroxyl groups excluding tert-OH is 1. The Morgan fingerprint density at radius 2 is 2.16 bits per heavy atom. The highest BCUT2D eigenvalue weighted by atomic mass is 16.6. The molecule has 25 heavy (non-hydrogen) atoms. The minimum atomic E-state index is -0.658. The van der Waals surface area contributed by atoms with E-state index in [1.54, 1.807) is 26.8 Å². The molecule has 0 radical (unpaired) electrons. The molecular formula is C19H26O6. The number of epoxide rings is 1. The molecule has 3 rings (SSSR count). The van der Waals surface area contributed by atoms with Crippen molar-refractivity contribution in [2.24, 2.45) is 11.8 Å². The Kier molecular flexibility index (Phi) is 4.54. The van der Waals surface area contributed by atoms with Crippen molar-refractivity contribution >= 4 is 11.9 Å². The third kappa shape index (κ3) is 3.37. The zero-order valence-electron chi connectivity index (χ0n) is 15.2. The van der Waals surface area contributed by atoms with Crippen molar-refractivity contribution in [3.63, 3.8) is 0 Å².